The number of likely N-dealkylation sites (tertiary alicyclic amines) is 1. The molecule has 2 N–H and O–H groups in total. The Morgan fingerprint density at radius 1 is 0.889 bits per heavy atom. The van der Waals surface area contributed by atoms with Crippen molar-refractivity contribution in [1.82, 2.24) is 39.4 Å². The molecule has 6 aromatic rings. The van der Waals surface area contributed by atoms with E-state index in [4.69, 9.17) is 21.0 Å². The average Bonchev–Trinajstić information content (AvgIpc) is 3.48. The van der Waals surface area contributed by atoms with E-state index < -0.39 is 0 Å². The molecule has 0 spiro atoms. The van der Waals surface area contributed by atoms with E-state index >= 15 is 0 Å². The SMILES string of the molecule is CN(c1ncnc(C#N)n1)C1CCN(Cc2ccc(-n3c(-c4cccnc4N)nc4ccc(-c5ccccc5)nc43)cc2)CC1. The van der Waals surface area contributed by atoms with Crippen molar-refractivity contribution in [3.8, 4) is 34.4 Å². The smallest absolute Gasteiger partial charge is 0.236 e. The van der Waals surface area contributed by atoms with Crippen LogP contribution in [-0.4, -0.2) is 65.5 Å². The number of rotatable bonds is 7. The number of pyridine rings is 2. The summed E-state index contributed by atoms with van der Waals surface area (Å²) < 4.78 is 2.07. The monoisotopic (exact) mass is 593 g/mol. The summed E-state index contributed by atoms with van der Waals surface area (Å²) in [6, 6.07) is 28.9. The second-order valence-electron chi connectivity index (χ2n) is 11.1. The van der Waals surface area contributed by atoms with Crippen molar-refractivity contribution in [3.63, 3.8) is 0 Å². The van der Waals surface area contributed by atoms with Crippen molar-refractivity contribution >= 4 is 22.9 Å². The summed E-state index contributed by atoms with van der Waals surface area (Å²) in [4.78, 5) is 31.3. The number of hydrogen-bond donors (Lipinski definition) is 1. The van der Waals surface area contributed by atoms with E-state index in [9.17, 15) is 0 Å². The average molecular weight is 594 g/mol. The van der Waals surface area contributed by atoms with Crippen LogP contribution >= 0.6 is 0 Å². The van der Waals surface area contributed by atoms with Crippen LogP contribution < -0.4 is 10.6 Å². The molecule has 1 fully saturated rings. The first kappa shape index (κ1) is 28.1. The molecule has 11 nitrogen and oxygen atoms in total. The van der Waals surface area contributed by atoms with Gasteiger partial charge in [-0.3, -0.25) is 9.47 Å². The second kappa shape index (κ2) is 12.1. The molecule has 0 unspecified atom stereocenters. The highest BCUT2D eigenvalue weighted by Crippen LogP contribution is 2.32. The lowest BCUT2D eigenvalue weighted by Gasteiger charge is -2.36. The van der Waals surface area contributed by atoms with Crippen molar-refractivity contribution in [1.29, 1.82) is 5.26 Å². The van der Waals surface area contributed by atoms with Crippen molar-refractivity contribution in [2.24, 2.45) is 0 Å². The molecular formula is C34H31N11. The quantitative estimate of drug-likeness (QED) is 0.272. The highest BCUT2D eigenvalue weighted by molar-refractivity contribution is 5.84. The molecule has 0 amide bonds. The number of nitrogen functional groups attached to an aromatic ring is 1. The first-order valence-electron chi connectivity index (χ1n) is 14.9. The van der Waals surface area contributed by atoms with E-state index in [1.807, 2.05) is 55.6 Å². The molecule has 1 saturated heterocycles. The number of hydrogen-bond acceptors (Lipinski definition) is 10. The van der Waals surface area contributed by atoms with E-state index in [0.717, 1.165) is 66.1 Å². The number of imidazole rings is 1. The predicted molar refractivity (Wildman–Crippen MR) is 173 cm³/mol. The van der Waals surface area contributed by atoms with Gasteiger partial charge in [-0.25, -0.2) is 24.9 Å². The summed E-state index contributed by atoms with van der Waals surface area (Å²) >= 11 is 0. The summed E-state index contributed by atoms with van der Waals surface area (Å²) in [5.74, 6) is 1.80. The Labute approximate surface area is 260 Å². The Morgan fingerprint density at radius 2 is 1.69 bits per heavy atom. The van der Waals surface area contributed by atoms with Crippen LogP contribution in [0.5, 0.6) is 0 Å². The van der Waals surface area contributed by atoms with E-state index in [1.54, 1.807) is 6.20 Å². The normalized spacial score (nSPS) is 14.0. The number of anilines is 2. The molecule has 11 heteroatoms. The van der Waals surface area contributed by atoms with Crippen molar-refractivity contribution in [3.05, 3.63) is 103 Å². The van der Waals surface area contributed by atoms with Crippen molar-refractivity contribution < 1.29 is 0 Å². The molecular weight excluding hydrogens is 562 g/mol. The Kier molecular flexibility index (Phi) is 7.55. The number of aromatic nitrogens is 7. The molecule has 7 rings (SSSR count). The first-order valence-corrected chi connectivity index (χ1v) is 14.9. The summed E-state index contributed by atoms with van der Waals surface area (Å²) in [7, 11) is 1.99. The van der Waals surface area contributed by atoms with Gasteiger partial charge >= 0.3 is 0 Å². The highest BCUT2D eigenvalue weighted by atomic mass is 15.3. The molecule has 0 saturated carbocycles. The number of fused-ring (bicyclic) bond motifs is 1. The second-order valence-corrected chi connectivity index (χ2v) is 11.1. The van der Waals surface area contributed by atoms with Crippen LogP contribution in [0.3, 0.4) is 0 Å². The molecule has 5 heterocycles. The Hall–Kier alpha value is -5.73. The maximum absolute atomic E-state index is 9.13. The van der Waals surface area contributed by atoms with Gasteiger partial charge in [0.1, 0.15) is 23.7 Å². The fourth-order valence-corrected chi connectivity index (χ4v) is 5.91. The van der Waals surface area contributed by atoms with Gasteiger partial charge in [0.05, 0.1) is 11.3 Å². The number of nitrogens with two attached hydrogens (primary N) is 1. The third-order valence-corrected chi connectivity index (χ3v) is 8.33. The molecule has 1 aliphatic rings. The van der Waals surface area contributed by atoms with E-state index in [-0.39, 0.29) is 5.82 Å². The van der Waals surface area contributed by atoms with Gasteiger partial charge in [0, 0.05) is 50.2 Å². The number of piperidine rings is 1. The number of benzene rings is 2. The maximum atomic E-state index is 9.13. The Bertz CT molecular complexity index is 1990. The minimum Gasteiger partial charge on any atom is -0.383 e. The zero-order valence-electron chi connectivity index (χ0n) is 24.8. The summed E-state index contributed by atoms with van der Waals surface area (Å²) in [6.45, 7) is 2.76. The zero-order valence-corrected chi connectivity index (χ0v) is 24.8. The largest absolute Gasteiger partial charge is 0.383 e. The van der Waals surface area contributed by atoms with Gasteiger partial charge in [0.2, 0.25) is 11.8 Å². The number of nitrogens with zero attached hydrogens (tertiary/aromatic N) is 10. The highest BCUT2D eigenvalue weighted by Gasteiger charge is 2.25. The molecule has 45 heavy (non-hydrogen) atoms. The van der Waals surface area contributed by atoms with Gasteiger partial charge in [-0.05, 0) is 54.8 Å². The van der Waals surface area contributed by atoms with Gasteiger partial charge in [-0.2, -0.15) is 10.2 Å². The number of nitriles is 1. The van der Waals surface area contributed by atoms with Gasteiger partial charge < -0.3 is 10.6 Å². The van der Waals surface area contributed by atoms with Gasteiger partial charge in [0.15, 0.2) is 11.5 Å². The lowest BCUT2D eigenvalue weighted by atomic mass is 10.0. The predicted octanol–water partition coefficient (Wildman–Crippen LogP) is 4.89. The molecule has 222 valence electrons. The molecule has 2 aromatic carbocycles. The van der Waals surface area contributed by atoms with E-state index in [2.05, 4.69) is 70.7 Å². The fourth-order valence-electron chi connectivity index (χ4n) is 5.91. The van der Waals surface area contributed by atoms with Crippen LogP contribution in [0.2, 0.25) is 0 Å². The zero-order chi connectivity index (χ0) is 30.8. The lowest BCUT2D eigenvalue weighted by molar-refractivity contribution is 0.203. The van der Waals surface area contributed by atoms with Crippen molar-refractivity contribution in [2.75, 3.05) is 30.8 Å². The Morgan fingerprint density at radius 3 is 2.44 bits per heavy atom. The first-order chi connectivity index (χ1) is 22.1. The van der Waals surface area contributed by atoms with Crippen LogP contribution in [0.4, 0.5) is 11.8 Å². The van der Waals surface area contributed by atoms with Gasteiger partial charge in [0.25, 0.3) is 0 Å². The minimum absolute atomic E-state index is 0.139. The third kappa shape index (κ3) is 5.67. The Balaban J connectivity index is 1.13. The molecule has 1 aliphatic heterocycles. The lowest BCUT2D eigenvalue weighted by Crippen LogP contribution is -2.43. The summed E-state index contributed by atoms with van der Waals surface area (Å²) in [5, 5.41) is 9.13. The van der Waals surface area contributed by atoms with Crippen molar-refractivity contribution in [2.45, 2.75) is 25.4 Å². The minimum atomic E-state index is 0.139. The van der Waals surface area contributed by atoms with Crippen LogP contribution in [-0.2, 0) is 6.54 Å². The maximum Gasteiger partial charge on any atom is 0.236 e. The molecule has 4 aromatic heterocycles. The standard InChI is InChI=1S/C34H31N11/c1-43(34-39-22-38-30(20-35)42-34)25-15-18-44(19-16-25)21-23-9-11-26(12-10-23)45-32(27-8-5-17-37-31(27)36)41-29-14-13-28(40-33(29)45)24-6-3-2-4-7-24/h2-14,17,22,25H,15-16,18-19,21H2,1H3,(H2,36,37). The van der Waals surface area contributed by atoms with Crippen LogP contribution in [0, 0.1) is 11.3 Å². The van der Waals surface area contributed by atoms with Gasteiger partial charge in [-0.15, -0.1) is 0 Å². The van der Waals surface area contributed by atoms with Gasteiger partial charge in [-0.1, -0.05) is 42.5 Å². The summed E-state index contributed by atoms with van der Waals surface area (Å²) in [5.41, 5.74) is 12.7. The van der Waals surface area contributed by atoms with Crippen LogP contribution in [0.15, 0.2) is 91.4 Å². The van der Waals surface area contributed by atoms with E-state index in [0.29, 0.717) is 23.6 Å². The fraction of sp³-hybridized carbons (Fsp3) is 0.206. The summed E-state index contributed by atoms with van der Waals surface area (Å²) in [6.07, 6.45) is 5.04. The molecule has 0 aliphatic carbocycles. The van der Waals surface area contributed by atoms with E-state index in [1.165, 1.54) is 11.9 Å². The molecule has 0 radical (unpaired) electrons. The molecule has 0 bridgehead atoms. The third-order valence-electron chi connectivity index (χ3n) is 8.33. The van der Waals surface area contributed by atoms with Crippen LogP contribution in [0.25, 0.3) is 39.5 Å². The molecule has 0 atom stereocenters. The van der Waals surface area contributed by atoms with Crippen LogP contribution in [0.1, 0.15) is 24.2 Å². The topological polar surface area (TPSA) is 139 Å².